The van der Waals surface area contributed by atoms with Crippen LogP contribution in [0.4, 0.5) is 0 Å². The number of imidazole rings is 1. The summed E-state index contributed by atoms with van der Waals surface area (Å²) in [5.74, 6) is 3.52. The molecule has 0 radical (unpaired) electrons. The second-order valence-corrected chi connectivity index (χ2v) is 8.69. The summed E-state index contributed by atoms with van der Waals surface area (Å²) in [7, 11) is 0. The molecule has 4 heterocycles. The van der Waals surface area contributed by atoms with Crippen LogP contribution in [0.3, 0.4) is 0 Å². The molecule has 0 aliphatic carbocycles. The minimum atomic E-state index is 0.796. The summed E-state index contributed by atoms with van der Waals surface area (Å²) in [6.45, 7) is 0.995. The molecule has 0 unspecified atom stereocenters. The first kappa shape index (κ1) is 19.1. The van der Waals surface area contributed by atoms with E-state index in [9.17, 15) is 0 Å². The number of ether oxygens (including phenoxy) is 1. The Morgan fingerprint density at radius 1 is 0.735 bits per heavy atom. The molecule has 0 N–H and O–H groups in total. The fourth-order valence-electron chi connectivity index (χ4n) is 5.10. The lowest BCUT2D eigenvalue weighted by Crippen LogP contribution is -1.97. The molecule has 5 nitrogen and oxygen atoms in total. The van der Waals surface area contributed by atoms with Crippen LogP contribution in [0.25, 0.3) is 39.0 Å². The zero-order valence-electron chi connectivity index (χ0n) is 18.6. The third-order valence-electron chi connectivity index (χ3n) is 6.64. The summed E-state index contributed by atoms with van der Waals surface area (Å²) in [5, 5.41) is 2.38. The average Bonchev–Trinajstić information content (AvgIpc) is 3.43. The van der Waals surface area contributed by atoms with Crippen molar-refractivity contribution in [2.75, 3.05) is 0 Å². The monoisotopic (exact) mass is 442 g/mol. The summed E-state index contributed by atoms with van der Waals surface area (Å²) in [4.78, 5) is 9.24. The number of fused-ring (bicyclic) bond motifs is 6. The average molecular weight is 443 g/mol. The number of hydrogen-bond donors (Lipinski definition) is 0. The number of pyridine rings is 1. The van der Waals surface area contributed by atoms with Crippen LogP contribution in [0.15, 0.2) is 97.5 Å². The molecule has 0 fully saturated rings. The quantitative estimate of drug-likeness (QED) is 0.303. The molecule has 5 heteroatoms. The van der Waals surface area contributed by atoms with Gasteiger partial charge in [0.05, 0.1) is 11.0 Å². The minimum absolute atomic E-state index is 0.796. The van der Waals surface area contributed by atoms with Gasteiger partial charge in [-0.15, -0.1) is 0 Å². The van der Waals surface area contributed by atoms with Gasteiger partial charge in [0.15, 0.2) is 0 Å². The number of aryl methyl sites for hydroxylation is 2. The van der Waals surface area contributed by atoms with E-state index >= 15 is 0 Å². The Morgan fingerprint density at radius 2 is 1.59 bits per heavy atom. The van der Waals surface area contributed by atoms with E-state index in [2.05, 4.69) is 79.9 Å². The predicted octanol–water partition coefficient (Wildman–Crippen LogP) is 6.78. The van der Waals surface area contributed by atoms with Gasteiger partial charge in [-0.3, -0.25) is 4.57 Å². The van der Waals surface area contributed by atoms with Gasteiger partial charge in [-0.05, 0) is 60.9 Å². The van der Waals surface area contributed by atoms with Gasteiger partial charge in [-0.1, -0.05) is 30.3 Å². The van der Waals surface area contributed by atoms with Crippen LogP contribution in [-0.2, 0) is 13.0 Å². The standard InChI is InChI=1S/C29H22N4O/c1-2-8-26-23(7-1)24-13-12-22(19-27(24)33(26)28-9-3-4-14-30-28)34-21-11-10-20-6-5-16-32-17-15-31-29(32)25(20)18-21/h1-4,7-15,17-19H,5-6,16H2. The van der Waals surface area contributed by atoms with Crippen molar-refractivity contribution in [1.82, 2.24) is 19.1 Å². The van der Waals surface area contributed by atoms with Gasteiger partial charge in [0.1, 0.15) is 23.1 Å². The lowest BCUT2D eigenvalue weighted by Gasteiger charge is -2.11. The summed E-state index contributed by atoms with van der Waals surface area (Å²) in [5.41, 5.74) is 4.68. The van der Waals surface area contributed by atoms with E-state index in [0.717, 1.165) is 59.1 Å². The van der Waals surface area contributed by atoms with Gasteiger partial charge in [-0.25, -0.2) is 9.97 Å². The van der Waals surface area contributed by atoms with E-state index in [-0.39, 0.29) is 0 Å². The fourth-order valence-corrected chi connectivity index (χ4v) is 5.10. The Balaban J connectivity index is 1.35. The first-order valence-electron chi connectivity index (χ1n) is 11.6. The van der Waals surface area contributed by atoms with Gasteiger partial charge in [0, 0.05) is 47.5 Å². The van der Waals surface area contributed by atoms with Gasteiger partial charge in [0.2, 0.25) is 0 Å². The second-order valence-electron chi connectivity index (χ2n) is 8.69. The molecule has 3 aromatic carbocycles. The first-order valence-corrected chi connectivity index (χ1v) is 11.6. The van der Waals surface area contributed by atoms with Crippen LogP contribution in [-0.4, -0.2) is 19.1 Å². The molecule has 0 spiro atoms. The maximum Gasteiger partial charge on any atom is 0.140 e. The molecule has 0 bridgehead atoms. The molecule has 7 rings (SSSR count). The van der Waals surface area contributed by atoms with Crippen LogP contribution in [0.2, 0.25) is 0 Å². The molecule has 0 saturated heterocycles. The number of aromatic nitrogens is 4. The van der Waals surface area contributed by atoms with E-state index in [1.807, 2.05) is 36.7 Å². The smallest absolute Gasteiger partial charge is 0.140 e. The third kappa shape index (κ3) is 3.01. The van der Waals surface area contributed by atoms with Crippen LogP contribution < -0.4 is 4.74 Å². The SMILES string of the molecule is c1ccc(-n2c3ccccc3c3ccc(Oc4ccc5c(c4)-c4nccn4CCC5)cc32)nc1. The molecular weight excluding hydrogens is 420 g/mol. The van der Waals surface area contributed by atoms with E-state index in [1.165, 1.54) is 16.3 Å². The fraction of sp³-hybridized carbons (Fsp3) is 0.103. The molecule has 1 aliphatic rings. The lowest BCUT2D eigenvalue weighted by molar-refractivity contribution is 0.483. The zero-order chi connectivity index (χ0) is 22.5. The molecule has 1 aliphatic heterocycles. The van der Waals surface area contributed by atoms with Crippen molar-refractivity contribution >= 4 is 21.8 Å². The van der Waals surface area contributed by atoms with Gasteiger partial charge in [-0.2, -0.15) is 0 Å². The molecule has 164 valence electrons. The van der Waals surface area contributed by atoms with Crippen molar-refractivity contribution < 1.29 is 4.74 Å². The van der Waals surface area contributed by atoms with Gasteiger partial charge < -0.3 is 9.30 Å². The topological polar surface area (TPSA) is 44.9 Å². The zero-order valence-corrected chi connectivity index (χ0v) is 18.6. The summed E-state index contributed by atoms with van der Waals surface area (Å²) in [6, 6.07) is 27.1. The molecule has 0 saturated carbocycles. The highest BCUT2D eigenvalue weighted by Crippen LogP contribution is 2.36. The highest BCUT2D eigenvalue weighted by molar-refractivity contribution is 6.09. The van der Waals surface area contributed by atoms with Crippen molar-refractivity contribution in [2.24, 2.45) is 0 Å². The van der Waals surface area contributed by atoms with Crippen molar-refractivity contribution in [1.29, 1.82) is 0 Å². The number of rotatable bonds is 3. The maximum atomic E-state index is 6.40. The summed E-state index contributed by atoms with van der Waals surface area (Å²) < 4.78 is 10.8. The lowest BCUT2D eigenvalue weighted by atomic mass is 10.0. The number of nitrogens with zero attached hydrogens (tertiary/aromatic N) is 4. The van der Waals surface area contributed by atoms with Crippen molar-refractivity contribution in [3.8, 4) is 28.7 Å². The van der Waals surface area contributed by atoms with E-state index in [0.29, 0.717) is 0 Å². The third-order valence-corrected chi connectivity index (χ3v) is 6.64. The normalized spacial score (nSPS) is 12.9. The van der Waals surface area contributed by atoms with Crippen molar-refractivity contribution in [2.45, 2.75) is 19.4 Å². The number of para-hydroxylation sites is 1. The first-order chi connectivity index (χ1) is 16.8. The van der Waals surface area contributed by atoms with Crippen molar-refractivity contribution in [3.05, 3.63) is 103 Å². The van der Waals surface area contributed by atoms with E-state index in [1.54, 1.807) is 0 Å². The molecule has 0 atom stereocenters. The minimum Gasteiger partial charge on any atom is -0.457 e. The number of hydrogen-bond acceptors (Lipinski definition) is 3. The summed E-state index contributed by atoms with van der Waals surface area (Å²) >= 11 is 0. The van der Waals surface area contributed by atoms with Gasteiger partial charge >= 0.3 is 0 Å². The molecular formula is C29H22N4O. The molecule has 0 amide bonds. The maximum absolute atomic E-state index is 6.40. The predicted molar refractivity (Wildman–Crippen MR) is 135 cm³/mol. The Kier molecular flexibility index (Phi) is 4.27. The van der Waals surface area contributed by atoms with E-state index in [4.69, 9.17) is 4.74 Å². The largest absolute Gasteiger partial charge is 0.457 e. The van der Waals surface area contributed by atoms with Crippen LogP contribution in [0.1, 0.15) is 12.0 Å². The Morgan fingerprint density at radius 3 is 2.53 bits per heavy atom. The van der Waals surface area contributed by atoms with Crippen molar-refractivity contribution in [3.63, 3.8) is 0 Å². The van der Waals surface area contributed by atoms with Crippen LogP contribution in [0, 0.1) is 0 Å². The Hall–Kier alpha value is -4.38. The molecule has 34 heavy (non-hydrogen) atoms. The second kappa shape index (κ2) is 7.59. The summed E-state index contributed by atoms with van der Waals surface area (Å²) in [6.07, 6.45) is 7.93. The Labute approximate surface area is 196 Å². The van der Waals surface area contributed by atoms with Crippen LogP contribution in [0.5, 0.6) is 11.5 Å². The van der Waals surface area contributed by atoms with Crippen LogP contribution >= 0.6 is 0 Å². The Bertz CT molecular complexity index is 1660. The molecule has 6 aromatic rings. The number of benzene rings is 3. The highest BCUT2D eigenvalue weighted by atomic mass is 16.5. The van der Waals surface area contributed by atoms with Gasteiger partial charge in [0.25, 0.3) is 0 Å². The highest BCUT2D eigenvalue weighted by Gasteiger charge is 2.17. The van der Waals surface area contributed by atoms with E-state index < -0.39 is 0 Å². The molecule has 3 aromatic heterocycles.